The topological polar surface area (TPSA) is 72.9 Å². The fraction of sp³-hybridized carbons (Fsp3) is 0.500. The van der Waals surface area contributed by atoms with E-state index in [-0.39, 0.29) is 6.04 Å². The minimum atomic E-state index is 0.228. The molecule has 0 saturated carbocycles. The molecule has 1 atom stereocenters. The second kappa shape index (κ2) is 5.64. The first-order valence-electron chi connectivity index (χ1n) is 8.14. The number of piperidine rings is 1. The molecule has 1 fully saturated rings. The summed E-state index contributed by atoms with van der Waals surface area (Å²) in [6.07, 6.45) is 8.91. The first kappa shape index (κ1) is 14.2. The maximum atomic E-state index is 5.30. The lowest BCUT2D eigenvalue weighted by Crippen LogP contribution is -2.35. The number of aryl methyl sites for hydroxylation is 2. The molecule has 0 amide bonds. The van der Waals surface area contributed by atoms with E-state index >= 15 is 0 Å². The second-order valence-electron chi connectivity index (χ2n) is 5.92. The van der Waals surface area contributed by atoms with Gasteiger partial charge >= 0.3 is 0 Å². The van der Waals surface area contributed by atoms with Gasteiger partial charge in [0.05, 0.1) is 11.7 Å². The molecule has 4 rings (SSSR count). The van der Waals surface area contributed by atoms with E-state index in [4.69, 9.17) is 4.52 Å². The molecule has 120 valence electrons. The lowest BCUT2D eigenvalue weighted by atomic mass is 10.0. The minimum absolute atomic E-state index is 0.228. The molecule has 0 aliphatic carbocycles. The van der Waals surface area contributed by atoms with Crippen molar-refractivity contribution in [3.8, 4) is 0 Å². The second-order valence-corrected chi connectivity index (χ2v) is 5.92. The van der Waals surface area contributed by atoms with Crippen LogP contribution in [0.15, 0.2) is 23.2 Å². The number of rotatable bonds is 3. The van der Waals surface area contributed by atoms with E-state index in [1.54, 1.807) is 6.33 Å². The Labute approximate surface area is 134 Å². The first-order chi connectivity index (χ1) is 11.3. The van der Waals surface area contributed by atoms with Crippen molar-refractivity contribution in [2.75, 3.05) is 11.4 Å². The molecule has 0 unspecified atom stereocenters. The van der Waals surface area contributed by atoms with Gasteiger partial charge in [-0.3, -0.25) is 0 Å². The highest BCUT2D eigenvalue weighted by Crippen LogP contribution is 2.37. The molecular weight excluding hydrogens is 292 g/mol. The Kier molecular flexibility index (Phi) is 3.48. The molecule has 7 heteroatoms. The van der Waals surface area contributed by atoms with Crippen LogP contribution in [-0.2, 0) is 6.54 Å². The summed E-state index contributed by atoms with van der Waals surface area (Å²) in [7, 11) is 0. The average Bonchev–Trinajstić information content (AvgIpc) is 3.21. The third kappa shape index (κ3) is 2.27. The fourth-order valence-electron chi connectivity index (χ4n) is 3.46. The van der Waals surface area contributed by atoms with Crippen molar-refractivity contribution < 1.29 is 4.52 Å². The van der Waals surface area contributed by atoms with Gasteiger partial charge in [0.25, 0.3) is 5.71 Å². The molecular formula is C16H20N6O. The van der Waals surface area contributed by atoms with E-state index in [0.29, 0.717) is 5.71 Å². The van der Waals surface area contributed by atoms with Crippen LogP contribution in [-0.4, -0.2) is 31.2 Å². The van der Waals surface area contributed by atoms with Crippen LogP contribution in [0.1, 0.15) is 43.7 Å². The summed E-state index contributed by atoms with van der Waals surface area (Å²) >= 11 is 0. The maximum Gasteiger partial charge on any atom is 0.263 e. The van der Waals surface area contributed by atoms with Gasteiger partial charge in [-0.1, -0.05) is 5.16 Å². The number of aromatic nitrogens is 5. The highest BCUT2D eigenvalue weighted by Gasteiger charge is 2.30. The van der Waals surface area contributed by atoms with Gasteiger partial charge in [-0.2, -0.15) is 4.98 Å². The molecule has 3 aromatic heterocycles. The van der Waals surface area contributed by atoms with Crippen molar-refractivity contribution in [3.63, 3.8) is 0 Å². The van der Waals surface area contributed by atoms with E-state index in [1.165, 1.54) is 6.42 Å². The van der Waals surface area contributed by atoms with E-state index in [0.717, 1.165) is 48.7 Å². The standard InChI is InChI=1S/C16H20N6O/c1-3-21-9-7-17-14(21)12-6-4-5-8-22(12)15-13-11(2)20-23-16(13)19-10-18-15/h7,9-10,12H,3-6,8H2,1-2H3/t12-/m0/s1. The highest BCUT2D eigenvalue weighted by atomic mass is 16.5. The minimum Gasteiger partial charge on any atom is -0.346 e. The van der Waals surface area contributed by atoms with Crippen LogP contribution in [0.25, 0.3) is 11.1 Å². The van der Waals surface area contributed by atoms with Gasteiger partial charge in [-0.25, -0.2) is 9.97 Å². The summed E-state index contributed by atoms with van der Waals surface area (Å²) in [6, 6.07) is 0.228. The van der Waals surface area contributed by atoms with Crippen LogP contribution in [0.2, 0.25) is 0 Å². The zero-order chi connectivity index (χ0) is 15.8. The summed E-state index contributed by atoms with van der Waals surface area (Å²) in [5.41, 5.74) is 1.38. The van der Waals surface area contributed by atoms with Gasteiger partial charge in [0.15, 0.2) is 0 Å². The van der Waals surface area contributed by atoms with Gasteiger partial charge in [0, 0.05) is 25.5 Å². The van der Waals surface area contributed by atoms with Crippen LogP contribution >= 0.6 is 0 Å². The molecule has 1 aliphatic heterocycles. The summed E-state index contributed by atoms with van der Waals surface area (Å²) < 4.78 is 7.51. The van der Waals surface area contributed by atoms with Crippen molar-refractivity contribution in [2.24, 2.45) is 0 Å². The molecule has 0 radical (unpaired) electrons. The summed E-state index contributed by atoms with van der Waals surface area (Å²) in [5, 5.41) is 4.96. The van der Waals surface area contributed by atoms with Gasteiger partial charge in [-0.05, 0) is 33.1 Å². The van der Waals surface area contributed by atoms with Crippen molar-refractivity contribution in [1.29, 1.82) is 0 Å². The van der Waals surface area contributed by atoms with Crippen molar-refractivity contribution >= 4 is 16.9 Å². The van der Waals surface area contributed by atoms with E-state index in [1.807, 2.05) is 19.3 Å². The monoisotopic (exact) mass is 312 g/mol. The Bertz CT molecular complexity index is 823. The Morgan fingerprint density at radius 2 is 2.17 bits per heavy atom. The molecule has 0 N–H and O–H groups in total. The molecule has 0 aromatic carbocycles. The Hall–Kier alpha value is -2.44. The molecule has 0 bridgehead atoms. The van der Waals surface area contributed by atoms with Crippen LogP contribution in [0.4, 0.5) is 5.82 Å². The molecule has 7 nitrogen and oxygen atoms in total. The molecule has 23 heavy (non-hydrogen) atoms. The highest BCUT2D eigenvalue weighted by molar-refractivity contribution is 5.88. The van der Waals surface area contributed by atoms with Crippen molar-refractivity contribution in [2.45, 2.75) is 45.7 Å². The zero-order valence-corrected chi connectivity index (χ0v) is 13.4. The normalized spacial score (nSPS) is 18.7. The number of anilines is 1. The summed E-state index contributed by atoms with van der Waals surface area (Å²) in [4.78, 5) is 15.7. The zero-order valence-electron chi connectivity index (χ0n) is 13.4. The quantitative estimate of drug-likeness (QED) is 0.740. The largest absolute Gasteiger partial charge is 0.346 e. The van der Waals surface area contributed by atoms with Crippen LogP contribution in [0.3, 0.4) is 0 Å². The van der Waals surface area contributed by atoms with E-state index in [2.05, 4.69) is 36.5 Å². The maximum absolute atomic E-state index is 5.30. The van der Waals surface area contributed by atoms with E-state index in [9.17, 15) is 0 Å². The number of hydrogen-bond acceptors (Lipinski definition) is 6. The van der Waals surface area contributed by atoms with Gasteiger partial charge in [0.2, 0.25) is 0 Å². The van der Waals surface area contributed by atoms with Crippen molar-refractivity contribution in [3.05, 3.63) is 30.2 Å². The van der Waals surface area contributed by atoms with Crippen LogP contribution in [0, 0.1) is 6.92 Å². The molecule has 3 aromatic rings. The van der Waals surface area contributed by atoms with Gasteiger partial charge in [-0.15, -0.1) is 0 Å². The van der Waals surface area contributed by atoms with Crippen LogP contribution < -0.4 is 4.90 Å². The Morgan fingerprint density at radius 3 is 3.04 bits per heavy atom. The predicted molar refractivity (Wildman–Crippen MR) is 86.2 cm³/mol. The molecule has 0 spiro atoms. The summed E-state index contributed by atoms with van der Waals surface area (Å²) in [5.74, 6) is 2.01. The Morgan fingerprint density at radius 1 is 1.26 bits per heavy atom. The van der Waals surface area contributed by atoms with Gasteiger partial charge < -0.3 is 14.0 Å². The number of fused-ring (bicyclic) bond motifs is 1. The van der Waals surface area contributed by atoms with E-state index < -0.39 is 0 Å². The third-order valence-electron chi connectivity index (χ3n) is 4.58. The lowest BCUT2D eigenvalue weighted by Gasteiger charge is -2.36. The first-order valence-corrected chi connectivity index (χ1v) is 8.14. The molecule has 1 aliphatic rings. The summed E-state index contributed by atoms with van der Waals surface area (Å²) in [6.45, 7) is 5.96. The van der Waals surface area contributed by atoms with Crippen molar-refractivity contribution in [1.82, 2.24) is 24.7 Å². The number of hydrogen-bond donors (Lipinski definition) is 0. The van der Waals surface area contributed by atoms with Gasteiger partial charge in [0.1, 0.15) is 23.4 Å². The number of nitrogens with zero attached hydrogens (tertiary/aromatic N) is 6. The third-order valence-corrected chi connectivity index (χ3v) is 4.58. The SMILES string of the molecule is CCn1ccnc1[C@@H]1CCCCN1c1ncnc2onc(C)c12. The number of imidazole rings is 1. The predicted octanol–water partition coefficient (Wildman–Crippen LogP) is 2.87. The average molecular weight is 312 g/mol. The fourth-order valence-corrected chi connectivity index (χ4v) is 3.46. The van der Waals surface area contributed by atoms with Crippen LogP contribution in [0.5, 0.6) is 0 Å². The smallest absolute Gasteiger partial charge is 0.263 e. The lowest BCUT2D eigenvalue weighted by molar-refractivity contribution is 0.438. The Balaban J connectivity index is 1.82. The molecule has 1 saturated heterocycles. The molecule has 4 heterocycles.